The Labute approximate surface area is 138 Å². The molecule has 1 aromatic carbocycles. The van der Waals surface area contributed by atoms with Crippen LogP contribution in [0.4, 0.5) is 5.69 Å². The molecule has 0 aromatic heterocycles. The van der Waals surface area contributed by atoms with Crippen LogP contribution in [0.15, 0.2) is 24.3 Å². The number of carbonyl (C=O) groups excluding carboxylic acids is 2. The first-order chi connectivity index (χ1) is 10.9. The highest BCUT2D eigenvalue weighted by Crippen LogP contribution is 2.18. The van der Waals surface area contributed by atoms with Gasteiger partial charge >= 0.3 is 0 Å². The van der Waals surface area contributed by atoms with Crippen LogP contribution in [0.1, 0.15) is 26.3 Å². The van der Waals surface area contributed by atoms with Crippen molar-refractivity contribution in [2.45, 2.75) is 33.7 Å². The fraction of sp³-hybridized carbons (Fsp3) is 0.556. The molecule has 1 N–H and O–H groups in total. The Morgan fingerprint density at radius 2 is 1.78 bits per heavy atom. The zero-order valence-corrected chi connectivity index (χ0v) is 14.5. The maximum absolute atomic E-state index is 12.7. The summed E-state index contributed by atoms with van der Waals surface area (Å²) in [6, 6.07) is 8.00. The van der Waals surface area contributed by atoms with Gasteiger partial charge in [0.2, 0.25) is 11.8 Å². The Balaban J connectivity index is 1.97. The van der Waals surface area contributed by atoms with Crippen LogP contribution in [0.25, 0.3) is 0 Å². The molecule has 0 aliphatic carbocycles. The summed E-state index contributed by atoms with van der Waals surface area (Å²) in [5, 5.41) is 2.78. The van der Waals surface area contributed by atoms with Gasteiger partial charge in [-0.1, -0.05) is 26.0 Å². The van der Waals surface area contributed by atoms with Crippen molar-refractivity contribution in [1.29, 1.82) is 0 Å². The minimum absolute atomic E-state index is 0.0269. The lowest BCUT2D eigenvalue weighted by atomic mass is 10.0. The maximum Gasteiger partial charge on any atom is 0.245 e. The molecule has 1 aromatic rings. The van der Waals surface area contributed by atoms with Crippen molar-refractivity contribution >= 4 is 17.5 Å². The van der Waals surface area contributed by atoms with E-state index < -0.39 is 6.04 Å². The summed E-state index contributed by atoms with van der Waals surface area (Å²) in [7, 11) is 0. The molecule has 2 rings (SSSR count). The normalized spacial score (nSPS) is 16.4. The van der Waals surface area contributed by atoms with Crippen molar-refractivity contribution < 1.29 is 9.59 Å². The second kappa shape index (κ2) is 7.49. The van der Waals surface area contributed by atoms with Crippen molar-refractivity contribution in [3.63, 3.8) is 0 Å². The maximum atomic E-state index is 12.7. The topological polar surface area (TPSA) is 52.7 Å². The minimum atomic E-state index is -0.432. The average Bonchev–Trinajstić information content (AvgIpc) is 2.52. The highest BCUT2D eigenvalue weighted by atomic mass is 16.2. The van der Waals surface area contributed by atoms with Crippen molar-refractivity contribution in [2.24, 2.45) is 5.92 Å². The SMILES string of the molecule is CC(=O)NC(C(=O)N1CCN(c2cccc(C)c2)CC1)C(C)C. The van der Waals surface area contributed by atoms with E-state index in [1.807, 2.05) is 18.7 Å². The lowest BCUT2D eigenvalue weighted by molar-refractivity contribution is -0.137. The molecule has 0 bridgehead atoms. The summed E-state index contributed by atoms with van der Waals surface area (Å²) in [6.45, 7) is 10.5. The number of nitrogens with one attached hydrogen (secondary N) is 1. The van der Waals surface area contributed by atoms with E-state index in [0.717, 1.165) is 13.1 Å². The zero-order valence-electron chi connectivity index (χ0n) is 14.5. The van der Waals surface area contributed by atoms with Crippen molar-refractivity contribution in [2.75, 3.05) is 31.1 Å². The number of nitrogens with zero attached hydrogens (tertiary/aromatic N) is 2. The van der Waals surface area contributed by atoms with Crippen molar-refractivity contribution in [3.05, 3.63) is 29.8 Å². The van der Waals surface area contributed by atoms with E-state index in [2.05, 4.69) is 41.4 Å². The summed E-state index contributed by atoms with van der Waals surface area (Å²) in [4.78, 5) is 28.2. The molecule has 126 valence electrons. The van der Waals surface area contributed by atoms with E-state index in [0.29, 0.717) is 13.1 Å². The monoisotopic (exact) mass is 317 g/mol. The van der Waals surface area contributed by atoms with E-state index >= 15 is 0 Å². The molecular formula is C18H27N3O2. The van der Waals surface area contributed by atoms with E-state index in [1.54, 1.807) is 0 Å². The average molecular weight is 317 g/mol. The molecule has 1 heterocycles. The molecule has 1 unspecified atom stereocenters. The first-order valence-corrected chi connectivity index (χ1v) is 8.26. The smallest absolute Gasteiger partial charge is 0.245 e. The minimum Gasteiger partial charge on any atom is -0.368 e. The van der Waals surface area contributed by atoms with E-state index in [-0.39, 0.29) is 17.7 Å². The Morgan fingerprint density at radius 1 is 1.13 bits per heavy atom. The van der Waals surface area contributed by atoms with Crippen LogP contribution < -0.4 is 10.2 Å². The van der Waals surface area contributed by atoms with Crippen molar-refractivity contribution in [1.82, 2.24) is 10.2 Å². The lowest BCUT2D eigenvalue weighted by Gasteiger charge is -2.38. The Kier molecular flexibility index (Phi) is 5.64. The van der Waals surface area contributed by atoms with Gasteiger partial charge in [-0.05, 0) is 30.5 Å². The second-order valence-electron chi connectivity index (χ2n) is 6.57. The predicted molar refractivity (Wildman–Crippen MR) is 92.4 cm³/mol. The third kappa shape index (κ3) is 4.47. The number of rotatable bonds is 4. The van der Waals surface area contributed by atoms with Crippen LogP contribution >= 0.6 is 0 Å². The highest BCUT2D eigenvalue weighted by Gasteiger charge is 2.30. The van der Waals surface area contributed by atoms with Gasteiger partial charge in [-0.3, -0.25) is 9.59 Å². The quantitative estimate of drug-likeness (QED) is 0.921. The number of piperazine rings is 1. The van der Waals surface area contributed by atoms with Crippen LogP contribution in [0.2, 0.25) is 0 Å². The Morgan fingerprint density at radius 3 is 2.30 bits per heavy atom. The molecule has 1 atom stereocenters. The standard InChI is InChI=1S/C18H27N3O2/c1-13(2)17(19-15(4)22)18(23)21-10-8-20(9-11-21)16-7-5-6-14(3)12-16/h5-7,12-13,17H,8-11H2,1-4H3,(H,19,22). The molecule has 1 aliphatic heterocycles. The van der Waals surface area contributed by atoms with E-state index in [9.17, 15) is 9.59 Å². The number of benzene rings is 1. The van der Waals surface area contributed by atoms with Gasteiger partial charge in [0.1, 0.15) is 6.04 Å². The first-order valence-electron chi connectivity index (χ1n) is 8.26. The molecule has 1 fully saturated rings. The molecule has 5 heteroatoms. The number of carbonyl (C=O) groups is 2. The van der Waals surface area contributed by atoms with Crippen molar-refractivity contribution in [3.8, 4) is 0 Å². The fourth-order valence-corrected chi connectivity index (χ4v) is 2.94. The first kappa shape index (κ1) is 17.3. The lowest BCUT2D eigenvalue weighted by Crippen LogP contribution is -2.56. The molecule has 0 spiro atoms. The van der Waals surface area contributed by atoms with Gasteiger partial charge in [-0.25, -0.2) is 0 Å². The zero-order chi connectivity index (χ0) is 17.0. The molecule has 1 aliphatic rings. The summed E-state index contributed by atoms with van der Waals surface area (Å²) in [6.07, 6.45) is 0. The van der Waals surface area contributed by atoms with Crippen LogP contribution in [-0.4, -0.2) is 48.9 Å². The third-order valence-electron chi connectivity index (χ3n) is 4.25. The Bertz CT molecular complexity index is 563. The summed E-state index contributed by atoms with van der Waals surface area (Å²) < 4.78 is 0. The van der Waals surface area contributed by atoms with Gasteiger partial charge in [0, 0.05) is 38.8 Å². The summed E-state index contributed by atoms with van der Waals surface area (Å²) in [5.41, 5.74) is 2.45. The van der Waals surface area contributed by atoms with Gasteiger partial charge < -0.3 is 15.1 Å². The summed E-state index contributed by atoms with van der Waals surface area (Å²) in [5.74, 6) is -0.0456. The molecule has 0 radical (unpaired) electrons. The number of anilines is 1. The largest absolute Gasteiger partial charge is 0.368 e. The van der Waals surface area contributed by atoms with E-state index in [4.69, 9.17) is 0 Å². The van der Waals surface area contributed by atoms with Gasteiger partial charge in [0.05, 0.1) is 0 Å². The van der Waals surface area contributed by atoms with Crippen LogP contribution in [0, 0.1) is 12.8 Å². The molecule has 5 nitrogen and oxygen atoms in total. The van der Waals surface area contributed by atoms with Crippen LogP contribution in [0.3, 0.4) is 0 Å². The molecule has 0 saturated carbocycles. The fourth-order valence-electron chi connectivity index (χ4n) is 2.94. The number of hydrogen-bond acceptors (Lipinski definition) is 3. The van der Waals surface area contributed by atoms with Gasteiger partial charge in [0.15, 0.2) is 0 Å². The number of amides is 2. The molecule has 23 heavy (non-hydrogen) atoms. The number of aryl methyl sites for hydroxylation is 1. The summed E-state index contributed by atoms with van der Waals surface area (Å²) >= 11 is 0. The van der Waals surface area contributed by atoms with Crippen LogP contribution in [0.5, 0.6) is 0 Å². The van der Waals surface area contributed by atoms with Gasteiger partial charge in [-0.15, -0.1) is 0 Å². The second-order valence-corrected chi connectivity index (χ2v) is 6.57. The van der Waals surface area contributed by atoms with Crippen LogP contribution in [-0.2, 0) is 9.59 Å². The molecular weight excluding hydrogens is 290 g/mol. The van der Waals surface area contributed by atoms with E-state index in [1.165, 1.54) is 18.2 Å². The molecule has 1 saturated heterocycles. The van der Waals surface area contributed by atoms with Gasteiger partial charge in [0.25, 0.3) is 0 Å². The Hall–Kier alpha value is -2.04. The predicted octanol–water partition coefficient (Wildman–Crippen LogP) is 1.80. The molecule has 2 amide bonds. The highest BCUT2D eigenvalue weighted by molar-refractivity contribution is 5.87. The number of hydrogen-bond donors (Lipinski definition) is 1. The van der Waals surface area contributed by atoms with Gasteiger partial charge in [-0.2, -0.15) is 0 Å². The third-order valence-corrected chi connectivity index (χ3v) is 4.25.